The van der Waals surface area contributed by atoms with Gasteiger partial charge in [0, 0.05) is 13.1 Å². The molecule has 2 aromatic rings. The number of piperidine rings is 1. The Kier molecular flexibility index (Phi) is 3.66. The SMILES string of the molecule is Cc1noc(C2CCCN(C(=O)c3ccc(C(=O)O)o3)C2)n1. The Labute approximate surface area is 125 Å². The first-order valence-corrected chi connectivity index (χ1v) is 6.97. The van der Waals surface area contributed by atoms with Crippen molar-refractivity contribution in [2.75, 3.05) is 13.1 Å². The maximum absolute atomic E-state index is 12.4. The summed E-state index contributed by atoms with van der Waals surface area (Å²) in [5.41, 5.74) is 0. The van der Waals surface area contributed by atoms with Crippen LogP contribution in [0.2, 0.25) is 0 Å². The highest BCUT2D eigenvalue weighted by atomic mass is 16.5. The van der Waals surface area contributed by atoms with Crippen LogP contribution in [0, 0.1) is 6.92 Å². The van der Waals surface area contributed by atoms with Crippen LogP contribution in [0.25, 0.3) is 0 Å². The number of aromatic nitrogens is 2. The van der Waals surface area contributed by atoms with Crippen molar-refractivity contribution in [3.63, 3.8) is 0 Å². The van der Waals surface area contributed by atoms with Crippen LogP contribution in [-0.2, 0) is 0 Å². The van der Waals surface area contributed by atoms with E-state index in [1.54, 1.807) is 11.8 Å². The lowest BCUT2D eigenvalue weighted by Gasteiger charge is -2.30. The molecular formula is C14H15N3O5. The smallest absolute Gasteiger partial charge is 0.371 e. The van der Waals surface area contributed by atoms with Crippen LogP contribution in [0.15, 0.2) is 21.1 Å². The van der Waals surface area contributed by atoms with Gasteiger partial charge in [0.05, 0.1) is 5.92 Å². The lowest BCUT2D eigenvalue weighted by atomic mass is 9.98. The Balaban J connectivity index is 1.73. The van der Waals surface area contributed by atoms with Gasteiger partial charge in [0.15, 0.2) is 11.6 Å². The van der Waals surface area contributed by atoms with E-state index >= 15 is 0 Å². The van der Waals surface area contributed by atoms with E-state index in [0.717, 1.165) is 12.8 Å². The van der Waals surface area contributed by atoms with Crippen LogP contribution in [0.1, 0.15) is 51.6 Å². The van der Waals surface area contributed by atoms with Gasteiger partial charge in [-0.2, -0.15) is 4.98 Å². The van der Waals surface area contributed by atoms with Crippen LogP contribution >= 0.6 is 0 Å². The second-order valence-corrected chi connectivity index (χ2v) is 5.24. The van der Waals surface area contributed by atoms with Crippen LogP contribution in [-0.4, -0.2) is 45.1 Å². The van der Waals surface area contributed by atoms with E-state index < -0.39 is 5.97 Å². The minimum Gasteiger partial charge on any atom is -0.475 e. The fraction of sp³-hybridized carbons (Fsp3) is 0.429. The van der Waals surface area contributed by atoms with Crippen molar-refractivity contribution in [2.45, 2.75) is 25.7 Å². The lowest BCUT2D eigenvalue weighted by Crippen LogP contribution is -2.39. The topological polar surface area (TPSA) is 110 Å². The number of rotatable bonds is 3. The number of carbonyl (C=O) groups excluding carboxylic acids is 1. The number of hydrogen-bond acceptors (Lipinski definition) is 6. The van der Waals surface area contributed by atoms with Crippen LogP contribution < -0.4 is 0 Å². The second kappa shape index (κ2) is 5.63. The van der Waals surface area contributed by atoms with Gasteiger partial charge in [0.25, 0.3) is 5.91 Å². The molecule has 0 radical (unpaired) electrons. The third-order valence-corrected chi connectivity index (χ3v) is 3.63. The average molecular weight is 305 g/mol. The molecule has 8 heteroatoms. The molecule has 0 aliphatic carbocycles. The number of hydrogen-bond donors (Lipinski definition) is 1. The molecule has 1 unspecified atom stereocenters. The molecule has 2 aromatic heterocycles. The van der Waals surface area contributed by atoms with Gasteiger partial charge < -0.3 is 18.9 Å². The molecule has 1 saturated heterocycles. The van der Waals surface area contributed by atoms with Gasteiger partial charge in [-0.15, -0.1) is 0 Å². The van der Waals surface area contributed by atoms with Crippen molar-refractivity contribution < 1.29 is 23.6 Å². The Morgan fingerprint density at radius 1 is 1.36 bits per heavy atom. The molecule has 3 rings (SSSR count). The molecule has 1 fully saturated rings. The van der Waals surface area contributed by atoms with Crippen LogP contribution in [0.4, 0.5) is 0 Å². The Bertz CT molecular complexity index is 705. The zero-order chi connectivity index (χ0) is 15.7. The number of likely N-dealkylation sites (tertiary alicyclic amines) is 1. The minimum absolute atomic E-state index is 0.00666. The largest absolute Gasteiger partial charge is 0.475 e. The summed E-state index contributed by atoms with van der Waals surface area (Å²) in [4.78, 5) is 29.0. The highest BCUT2D eigenvalue weighted by Gasteiger charge is 2.30. The summed E-state index contributed by atoms with van der Waals surface area (Å²) in [5, 5.41) is 12.6. The first kappa shape index (κ1) is 14.3. The molecule has 1 aliphatic rings. The van der Waals surface area contributed by atoms with Crippen molar-refractivity contribution in [3.8, 4) is 0 Å². The number of aryl methyl sites for hydroxylation is 1. The molecular weight excluding hydrogens is 290 g/mol. The van der Waals surface area contributed by atoms with Gasteiger partial charge in [-0.1, -0.05) is 5.16 Å². The van der Waals surface area contributed by atoms with Crippen molar-refractivity contribution in [1.29, 1.82) is 0 Å². The van der Waals surface area contributed by atoms with Crippen molar-refractivity contribution >= 4 is 11.9 Å². The van der Waals surface area contributed by atoms with E-state index in [4.69, 9.17) is 14.0 Å². The average Bonchev–Trinajstić information content (AvgIpc) is 3.15. The molecule has 0 spiro atoms. The number of carboxylic acids is 1. The van der Waals surface area contributed by atoms with Gasteiger partial charge in [-0.3, -0.25) is 4.79 Å². The first-order valence-electron chi connectivity index (χ1n) is 6.97. The van der Waals surface area contributed by atoms with Gasteiger partial charge in [-0.05, 0) is 31.9 Å². The fourth-order valence-electron chi connectivity index (χ4n) is 2.57. The van der Waals surface area contributed by atoms with E-state index in [0.29, 0.717) is 24.8 Å². The fourth-order valence-corrected chi connectivity index (χ4v) is 2.57. The number of aromatic carboxylic acids is 1. The molecule has 1 atom stereocenters. The normalized spacial score (nSPS) is 18.4. The maximum Gasteiger partial charge on any atom is 0.371 e. The summed E-state index contributed by atoms with van der Waals surface area (Å²) < 4.78 is 10.2. The summed E-state index contributed by atoms with van der Waals surface area (Å²) in [6.07, 6.45) is 1.67. The number of amides is 1. The highest BCUT2D eigenvalue weighted by molar-refractivity contribution is 5.93. The number of nitrogens with zero attached hydrogens (tertiary/aromatic N) is 3. The minimum atomic E-state index is -1.20. The third kappa shape index (κ3) is 2.72. The predicted octanol–water partition coefficient (Wildman–Crippen LogP) is 1.69. The standard InChI is InChI=1S/C14H15N3O5/c1-8-15-12(22-16-8)9-3-2-6-17(7-9)13(18)10-4-5-11(21-10)14(19)20/h4-5,9H,2-3,6-7H2,1H3,(H,19,20). The van der Waals surface area contributed by atoms with Gasteiger partial charge >= 0.3 is 5.97 Å². The first-order chi connectivity index (χ1) is 10.5. The summed E-state index contributed by atoms with van der Waals surface area (Å²) in [7, 11) is 0. The van der Waals surface area contributed by atoms with Gasteiger partial charge in [-0.25, -0.2) is 4.79 Å². The molecule has 1 aliphatic heterocycles. The Morgan fingerprint density at radius 3 is 2.77 bits per heavy atom. The summed E-state index contributed by atoms with van der Waals surface area (Å²) >= 11 is 0. The molecule has 1 amide bonds. The monoisotopic (exact) mass is 305 g/mol. The number of carbonyl (C=O) groups is 2. The Hall–Kier alpha value is -2.64. The van der Waals surface area contributed by atoms with Gasteiger partial charge in [0.1, 0.15) is 0 Å². The number of furan rings is 1. The predicted molar refractivity (Wildman–Crippen MR) is 72.6 cm³/mol. The zero-order valence-corrected chi connectivity index (χ0v) is 12.0. The Morgan fingerprint density at radius 2 is 2.14 bits per heavy atom. The van der Waals surface area contributed by atoms with E-state index in [-0.39, 0.29) is 23.3 Å². The van der Waals surface area contributed by atoms with Crippen LogP contribution in [0.5, 0.6) is 0 Å². The third-order valence-electron chi connectivity index (χ3n) is 3.63. The van der Waals surface area contributed by atoms with Crippen molar-refractivity contribution in [1.82, 2.24) is 15.0 Å². The molecule has 3 heterocycles. The highest BCUT2D eigenvalue weighted by Crippen LogP contribution is 2.26. The summed E-state index contributed by atoms with van der Waals surface area (Å²) in [5.74, 6) is -0.654. The number of carboxylic acid groups (broad SMARTS) is 1. The van der Waals surface area contributed by atoms with E-state index in [2.05, 4.69) is 10.1 Å². The summed E-state index contributed by atoms with van der Waals surface area (Å²) in [6.45, 7) is 2.78. The zero-order valence-electron chi connectivity index (χ0n) is 12.0. The molecule has 1 N–H and O–H groups in total. The molecule has 8 nitrogen and oxygen atoms in total. The quantitative estimate of drug-likeness (QED) is 0.918. The van der Waals surface area contributed by atoms with E-state index in [1.165, 1.54) is 12.1 Å². The molecule has 0 saturated carbocycles. The lowest BCUT2D eigenvalue weighted by molar-refractivity contribution is 0.0632. The van der Waals surface area contributed by atoms with Crippen LogP contribution in [0.3, 0.4) is 0 Å². The van der Waals surface area contributed by atoms with E-state index in [9.17, 15) is 9.59 Å². The molecule has 22 heavy (non-hydrogen) atoms. The summed E-state index contributed by atoms with van der Waals surface area (Å²) in [6, 6.07) is 2.66. The van der Waals surface area contributed by atoms with Crippen molar-refractivity contribution in [3.05, 3.63) is 35.4 Å². The molecule has 0 aromatic carbocycles. The van der Waals surface area contributed by atoms with Gasteiger partial charge in [0.2, 0.25) is 11.7 Å². The second-order valence-electron chi connectivity index (χ2n) is 5.24. The van der Waals surface area contributed by atoms with Crippen molar-refractivity contribution in [2.24, 2.45) is 0 Å². The molecule has 116 valence electrons. The van der Waals surface area contributed by atoms with E-state index in [1.807, 2.05) is 0 Å². The molecule has 0 bridgehead atoms. The maximum atomic E-state index is 12.4.